The summed E-state index contributed by atoms with van der Waals surface area (Å²) in [7, 11) is 0. The summed E-state index contributed by atoms with van der Waals surface area (Å²) in [5.41, 5.74) is 0.926. The Labute approximate surface area is 102 Å². The highest BCUT2D eigenvalue weighted by atomic mass is 16.5. The van der Waals surface area contributed by atoms with E-state index in [0.29, 0.717) is 24.5 Å². The second-order valence-corrected chi connectivity index (χ2v) is 4.29. The molecule has 1 saturated heterocycles. The highest BCUT2D eigenvalue weighted by Crippen LogP contribution is 2.14. The molecular formula is C12H20N4O. The van der Waals surface area contributed by atoms with Crippen LogP contribution in [0.15, 0.2) is 6.07 Å². The fraction of sp³-hybridized carbons (Fsp3) is 0.667. The molecule has 5 heteroatoms. The van der Waals surface area contributed by atoms with Gasteiger partial charge in [-0.15, -0.1) is 0 Å². The fourth-order valence-electron chi connectivity index (χ4n) is 1.98. The van der Waals surface area contributed by atoms with Gasteiger partial charge in [-0.3, -0.25) is 0 Å². The molecule has 0 spiro atoms. The molecule has 1 aliphatic rings. The molecule has 1 aromatic rings. The molecule has 2 rings (SSSR count). The van der Waals surface area contributed by atoms with Crippen LogP contribution in [-0.2, 0) is 0 Å². The minimum Gasteiger partial charge on any atom is -0.478 e. The van der Waals surface area contributed by atoms with E-state index in [2.05, 4.69) is 20.6 Å². The van der Waals surface area contributed by atoms with Crippen LogP contribution in [0.25, 0.3) is 0 Å². The number of aryl methyl sites for hydroxylation is 1. The van der Waals surface area contributed by atoms with Crippen LogP contribution >= 0.6 is 0 Å². The first-order valence-electron chi connectivity index (χ1n) is 6.23. The third-order valence-electron chi connectivity index (χ3n) is 2.75. The molecule has 0 bridgehead atoms. The molecule has 0 saturated carbocycles. The maximum absolute atomic E-state index is 5.41. The number of piperidine rings is 1. The maximum Gasteiger partial charge on any atom is 0.226 e. The molecule has 94 valence electrons. The van der Waals surface area contributed by atoms with Crippen LogP contribution in [0.1, 0.15) is 25.5 Å². The molecule has 1 atom stereocenters. The lowest BCUT2D eigenvalue weighted by Gasteiger charge is -2.23. The Kier molecular flexibility index (Phi) is 4.14. The van der Waals surface area contributed by atoms with Gasteiger partial charge in [0.15, 0.2) is 0 Å². The molecule has 0 aromatic carbocycles. The number of rotatable bonds is 4. The Hall–Kier alpha value is -1.36. The molecule has 1 aromatic heterocycles. The molecule has 1 fully saturated rings. The monoisotopic (exact) mass is 236 g/mol. The lowest BCUT2D eigenvalue weighted by atomic mass is 10.1. The first kappa shape index (κ1) is 12.1. The molecule has 17 heavy (non-hydrogen) atoms. The van der Waals surface area contributed by atoms with Crippen molar-refractivity contribution >= 4 is 5.95 Å². The fourth-order valence-corrected chi connectivity index (χ4v) is 1.98. The van der Waals surface area contributed by atoms with Crippen molar-refractivity contribution in [1.82, 2.24) is 15.3 Å². The number of ether oxygens (including phenoxy) is 1. The molecule has 0 amide bonds. The topological polar surface area (TPSA) is 59.1 Å². The Morgan fingerprint density at radius 3 is 3.12 bits per heavy atom. The van der Waals surface area contributed by atoms with Crippen LogP contribution in [0, 0.1) is 6.92 Å². The molecule has 0 aliphatic carbocycles. The van der Waals surface area contributed by atoms with E-state index in [-0.39, 0.29) is 0 Å². The highest BCUT2D eigenvalue weighted by molar-refractivity contribution is 5.32. The normalized spacial score (nSPS) is 20.0. The Morgan fingerprint density at radius 2 is 2.41 bits per heavy atom. The Morgan fingerprint density at radius 1 is 1.53 bits per heavy atom. The van der Waals surface area contributed by atoms with E-state index >= 15 is 0 Å². The lowest BCUT2D eigenvalue weighted by Crippen LogP contribution is -2.38. The van der Waals surface area contributed by atoms with Crippen LogP contribution in [0.2, 0.25) is 0 Å². The van der Waals surface area contributed by atoms with Crippen LogP contribution in [0.4, 0.5) is 5.95 Å². The molecule has 2 N–H and O–H groups in total. The van der Waals surface area contributed by atoms with Crippen molar-refractivity contribution in [3.63, 3.8) is 0 Å². The van der Waals surface area contributed by atoms with Crippen molar-refractivity contribution in [1.29, 1.82) is 0 Å². The molecule has 0 radical (unpaired) electrons. The third kappa shape index (κ3) is 3.56. The summed E-state index contributed by atoms with van der Waals surface area (Å²) >= 11 is 0. The van der Waals surface area contributed by atoms with Gasteiger partial charge in [0.25, 0.3) is 0 Å². The van der Waals surface area contributed by atoms with E-state index in [1.807, 2.05) is 19.9 Å². The van der Waals surface area contributed by atoms with Crippen molar-refractivity contribution < 1.29 is 4.74 Å². The van der Waals surface area contributed by atoms with Gasteiger partial charge in [-0.1, -0.05) is 0 Å². The van der Waals surface area contributed by atoms with Crippen LogP contribution in [0.5, 0.6) is 5.88 Å². The number of nitrogens with one attached hydrogen (secondary N) is 2. The number of aromatic nitrogens is 2. The van der Waals surface area contributed by atoms with E-state index in [9.17, 15) is 0 Å². The van der Waals surface area contributed by atoms with Gasteiger partial charge in [-0.25, -0.2) is 4.98 Å². The van der Waals surface area contributed by atoms with Crippen LogP contribution in [0.3, 0.4) is 0 Å². The van der Waals surface area contributed by atoms with Crippen molar-refractivity contribution in [3.05, 3.63) is 11.8 Å². The second kappa shape index (κ2) is 5.82. The van der Waals surface area contributed by atoms with Crippen molar-refractivity contribution in [2.45, 2.75) is 32.7 Å². The van der Waals surface area contributed by atoms with Crippen molar-refractivity contribution in [3.8, 4) is 5.88 Å². The third-order valence-corrected chi connectivity index (χ3v) is 2.75. The summed E-state index contributed by atoms with van der Waals surface area (Å²) in [6.07, 6.45) is 2.36. The van der Waals surface area contributed by atoms with Gasteiger partial charge in [0, 0.05) is 24.3 Å². The smallest absolute Gasteiger partial charge is 0.226 e. The van der Waals surface area contributed by atoms with E-state index in [4.69, 9.17) is 4.74 Å². The van der Waals surface area contributed by atoms with Gasteiger partial charge in [-0.2, -0.15) is 4.98 Å². The van der Waals surface area contributed by atoms with Gasteiger partial charge in [0.2, 0.25) is 11.8 Å². The molecule has 1 aliphatic heterocycles. The summed E-state index contributed by atoms with van der Waals surface area (Å²) in [6, 6.07) is 2.27. The average Bonchev–Trinajstić information content (AvgIpc) is 2.30. The lowest BCUT2D eigenvalue weighted by molar-refractivity contribution is 0.326. The predicted octanol–water partition coefficient (Wildman–Crippen LogP) is 1.35. The SMILES string of the molecule is CCOc1cc(C)nc(NC2CCCNC2)n1. The minimum atomic E-state index is 0.417. The predicted molar refractivity (Wildman–Crippen MR) is 67.5 cm³/mol. The first-order valence-corrected chi connectivity index (χ1v) is 6.23. The van der Waals surface area contributed by atoms with Gasteiger partial charge in [-0.05, 0) is 33.2 Å². The first-order chi connectivity index (χ1) is 8.28. The van der Waals surface area contributed by atoms with E-state index in [0.717, 1.165) is 25.2 Å². The zero-order chi connectivity index (χ0) is 12.1. The van der Waals surface area contributed by atoms with Gasteiger partial charge in [0.1, 0.15) is 0 Å². The molecule has 2 heterocycles. The summed E-state index contributed by atoms with van der Waals surface area (Å²) in [4.78, 5) is 8.73. The summed E-state index contributed by atoms with van der Waals surface area (Å²) in [5.74, 6) is 1.31. The molecular weight excluding hydrogens is 216 g/mol. The number of hydrogen-bond donors (Lipinski definition) is 2. The summed E-state index contributed by atoms with van der Waals surface area (Å²) < 4.78 is 5.41. The molecule has 5 nitrogen and oxygen atoms in total. The van der Waals surface area contributed by atoms with E-state index in [1.54, 1.807) is 0 Å². The van der Waals surface area contributed by atoms with Crippen molar-refractivity contribution in [2.24, 2.45) is 0 Å². The average molecular weight is 236 g/mol. The van der Waals surface area contributed by atoms with Gasteiger partial charge >= 0.3 is 0 Å². The number of anilines is 1. The maximum atomic E-state index is 5.41. The Balaban J connectivity index is 2.03. The Bertz CT molecular complexity index is 364. The quantitative estimate of drug-likeness (QED) is 0.826. The van der Waals surface area contributed by atoms with Crippen LogP contribution in [-0.4, -0.2) is 35.7 Å². The standard InChI is InChI=1S/C12H20N4O/c1-3-17-11-7-9(2)14-12(16-11)15-10-5-4-6-13-8-10/h7,10,13H,3-6,8H2,1-2H3,(H,14,15,16). The highest BCUT2D eigenvalue weighted by Gasteiger charge is 2.14. The van der Waals surface area contributed by atoms with Crippen LogP contribution < -0.4 is 15.4 Å². The largest absolute Gasteiger partial charge is 0.478 e. The van der Waals surface area contributed by atoms with E-state index < -0.39 is 0 Å². The van der Waals surface area contributed by atoms with E-state index in [1.165, 1.54) is 6.42 Å². The van der Waals surface area contributed by atoms with Gasteiger partial charge in [0.05, 0.1) is 6.61 Å². The zero-order valence-electron chi connectivity index (χ0n) is 10.5. The van der Waals surface area contributed by atoms with Gasteiger partial charge < -0.3 is 15.4 Å². The summed E-state index contributed by atoms with van der Waals surface area (Å²) in [6.45, 7) is 6.61. The summed E-state index contributed by atoms with van der Waals surface area (Å²) in [5, 5.41) is 6.72. The number of nitrogens with zero attached hydrogens (tertiary/aromatic N) is 2. The minimum absolute atomic E-state index is 0.417. The van der Waals surface area contributed by atoms with Crippen molar-refractivity contribution in [2.75, 3.05) is 25.0 Å². The number of hydrogen-bond acceptors (Lipinski definition) is 5. The zero-order valence-corrected chi connectivity index (χ0v) is 10.5. The molecule has 1 unspecified atom stereocenters. The second-order valence-electron chi connectivity index (χ2n) is 4.29.